The molecule has 0 aromatic heterocycles. The third kappa shape index (κ3) is 4.07. The molecule has 5 heteroatoms. The number of benzene rings is 2. The van der Waals surface area contributed by atoms with E-state index < -0.39 is 5.97 Å². The number of amides is 2. The number of hydrogen-bond acceptors (Lipinski definition) is 2. The van der Waals surface area contributed by atoms with Crippen molar-refractivity contribution in [1.82, 2.24) is 5.32 Å². The molecule has 0 aliphatic heterocycles. The molecule has 0 radical (unpaired) electrons. The molecule has 0 bridgehead atoms. The second-order valence-corrected chi connectivity index (χ2v) is 4.38. The fourth-order valence-corrected chi connectivity index (χ4v) is 1.89. The lowest BCUT2D eigenvalue weighted by atomic mass is 10.2. The Kier molecular flexibility index (Phi) is 4.93. The number of rotatable bonds is 5. The molecule has 2 N–H and O–H groups in total. The van der Waals surface area contributed by atoms with Gasteiger partial charge < -0.3 is 10.4 Å². The molecule has 2 aromatic rings. The van der Waals surface area contributed by atoms with E-state index >= 15 is 0 Å². The summed E-state index contributed by atoms with van der Waals surface area (Å²) in [5.74, 6) is -0.943. The summed E-state index contributed by atoms with van der Waals surface area (Å²) in [6.07, 6.45) is -0.108. The average molecular weight is 284 g/mol. The molecule has 0 fully saturated rings. The van der Waals surface area contributed by atoms with Crippen molar-refractivity contribution >= 4 is 23.4 Å². The average Bonchev–Trinajstić information content (AvgIpc) is 2.49. The molecule has 21 heavy (non-hydrogen) atoms. The van der Waals surface area contributed by atoms with E-state index in [0.29, 0.717) is 0 Å². The van der Waals surface area contributed by atoms with E-state index in [1.807, 2.05) is 60.7 Å². The minimum absolute atomic E-state index is 0.0876. The van der Waals surface area contributed by atoms with Crippen LogP contribution in [-0.4, -0.2) is 23.7 Å². The van der Waals surface area contributed by atoms with Crippen molar-refractivity contribution < 1.29 is 14.7 Å². The topological polar surface area (TPSA) is 69.6 Å². The summed E-state index contributed by atoms with van der Waals surface area (Å²) in [7, 11) is 0. The van der Waals surface area contributed by atoms with Gasteiger partial charge in [-0.1, -0.05) is 36.4 Å². The van der Waals surface area contributed by atoms with Gasteiger partial charge in [0.15, 0.2) is 0 Å². The van der Waals surface area contributed by atoms with Crippen LogP contribution in [0.5, 0.6) is 0 Å². The van der Waals surface area contributed by atoms with Crippen LogP contribution in [0.15, 0.2) is 60.7 Å². The molecule has 0 spiro atoms. The van der Waals surface area contributed by atoms with Crippen molar-refractivity contribution in [3.63, 3.8) is 0 Å². The Morgan fingerprint density at radius 2 is 1.38 bits per heavy atom. The van der Waals surface area contributed by atoms with E-state index in [2.05, 4.69) is 5.32 Å². The summed E-state index contributed by atoms with van der Waals surface area (Å²) in [4.78, 5) is 24.4. The first-order valence-electron chi connectivity index (χ1n) is 6.58. The molecule has 0 aliphatic carbocycles. The van der Waals surface area contributed by atoms with Crippen molar-refractivity contribution in [3.8, 4) is 0 Å². The molecule has 5 nitrogen and oxygen atoms in total. The Labute approximate surface area is 122 Å². The standard InChI is InChI=1S/C16H16N2O3/c19-15(20)11-12-17-16(21)18(13-7-3-1-4-8-13)14-9-5-2-6-10-14/h1-10H,11-12H2,(H,17,21)(H,19,20). The first kappa shape index (κ1) is 14.6. The molecular weight excluding hydrogens is 268 g/mol. The molecule has 0 heterocycles. The highest BCUT2D eigenvalue weighted by Gasteiger charge is 2.17. The molecule has 2 amide bonds. The van der Waals surface area contributed by atoms with Gasteiger partial charge in [0.05, 0.1) is 17.8 Å². The highest BCUT2D eigenvalue weighted by Crippen LogP contribution is 2.24. The van der Waals surface area contributed by atoms with E-state index in [0.717, 1.165) is 11.4 Å². The van der Waals surface area contributed by atoms with Gasteiger partial charge in [-0.2, -0.15) is 0 Å². The number of aliphatic carboxylic acids is 1. The fourth-order valence-electron chi connectivity index (χ4n) is 1.89. The number of hydrogen-bond donors (Lipinski definition) is 2. The smallest absolute Gasteiger partial charge is 0.326 e. The fraction of sp³-hybridized carbons (Fsp3) is 0.125. The number of anilines is 2. The predicted molar refractivity (Wildman–Crippen MR) is 80.7 cm³/mol. The van der Waals surface area contributed by atoms with Gasteiger partial charge in [0.25, 0.3) is 0 Å². The summed E-state index contributed by atoms with van der Waals surface area (Å²) >= 11 is 0. The quantitative estimate of drug-likeness (QED) is 0.886. The number of carboxylic acid groups (broad SMARTS) is 1. The van der Waals surface area contributed by atoms with Crippen LogP contribution in [0.3, 0.4) is 0 Å². The van der Waals surface area contributed by atoms with Crippen LogP contribution in [-0.2, 0) is 4.79 Å². The van der Waals surface area contributed by atoms with Gasteiger partial charge in [0.2, 0.25) is 0 Å². The Balaban J connectivity index is 2.21. The lowest BCUT2D eigenvalue weighted by Crippen LogP contribution is -2.37. The zero-order valence-electron chi connectivity index (χ0n) is 11.4. The van der Waals surface area contributed by atoms with Crippen LogP contribution in [0.25, 0.3) is 0 Å². The zero-order valence-corrected chi connectivity index (χ0v) is 11.4. The number of carbonyl (C=O) groups excluding carboxylic acids is 1. The van der Waals surface area contributed by atoms with E-state index in [9.17, 15) is 9.59 Å². The number of nitrogens with zero attached hydrogens (tertiary/aromatic N) is 1. The highest BCUT2D eigenvalue weighted by atomic mass is 16.4. The van der Waals surface area contributed by atoms with E-state index in [1.165, 1.54) is 4.90 Å². The van der Waals surface area contributed by atoms with Gasteiger partial charge in [0.1, 0.15) is 0 Å². The van der Waals surface area contributed by atoms with Crippen molar-refractivity contribution in [2.24, 2.45) is 0 Å². The van der Waals surface area contributed by atoms with Crippen molar-refractivity contribution in [3.05, 3.63) is 60.7 Å². The van der Waals surface area contributed by atoms with Gasteiger partial charge in [0, 0.05) is 6.54 Å². The SMILES string of the molecule is O=C(O)CCNC(=O)N(c1ccccc1)c1ccccc1. The van der Waals surface area contributed by atoms with Gasteiger partial charge in [-0.3, -0.25) is 9.69 Å². The largest absolute Gasteiger partial charge is 0.481 e. The van der Waals surface area contributed by atoms with Crippen LogP contribution in [0.4, 0.5) is 16.2 Å². The molecular formula is C16H16N2O3. The maximum atomic E-state index is 12.3. The molecule has 2 rings (SSSR count). The number of carbonyl (C=O) groups is 2. The summed E-state index contributed by atoms with van der Waals surface area (Å²) in [6.45, 7) is 0.0876. The monoisotopic (exact) mass is 284 g/mol. The molecule has 0 saturated carbocycles. The van der Waals surface area contributed by atoms with Crippen LogP contribution in [0.2, 0.25) is 0 Å². The summed E-state index contributed by atoms with van der Waals surface area (Å²) in [5.41, 5.74) is 1.44. The summed E-state index contributed by atoms with van der Waals surface area (Å²) < 4.78 is 0. The van der Waals surface area contributed by atoms with Gasteiger partial charge in [-0.05, 0) is 24.3 Å². The van der Waals surface area contributed by atoms with Gasteiger partial charge >= 0.3 is 12.0 Å². The van der Waals surface area contributed by atoms with Crippen LogP contribution in [0, 0.1) is 0 Å². The van der Waals surface area contributed by atoms with Crippen molar-refractivity contribution in [1.29, 1.82) is 0 Å². The lowest BCUT2D eigenvalue weighted by Gasteiger charge is -2.23. The molecule has 0 atom stereocenters. The molecule has 108 valence electrons. The Morgan fingerprint density at radius 3 is 1.81 bits per heavy atom. The third-order valence-corrected chi connectivity index (χ3v) is 2.85. The number of urea groups is 1. The van der Waals surface area contributed by atoms with E-state index in [1.54, 1.807) is 0 Å². The zero-order chi connectivity index (χ0) is 15.1. The molecule has 0 unspecified atom stereocenters. The first-order chi connectivity index (χ1) is 10.2. The summed E-state index contributed by atoms with van der Waals surface area (Å²) in [6, 6.07) is 18.1. The van der Waals surface area contributed by atoms with Gasteiger partial charge in [-0.15, -0.1) is 0 Å². The Hall–Kier alpha value is -2.82. The maximum absolute atomic E-state index is 12.3. The number of carboxylic acids is 1. The van der Waals surface area contributed by atoms with Crippen molar-refractivity contribution in [2.75, 3.05) is 11.4 Å². The van der Waals surface area contributed by atoms with E-state index in [-0.39, 0.29) is 19.0 Å². The van der Waals surface area contributed by atoms with E-state index in [4.69, 9.17) is 5.11 Å². The van der Waals surface area contributed by atoms with Gasteiger partial charge in [-0.25, -0.2) is 4.79 Å². The van der Waals surface area contributed by atoms with Crippen LogP contribution < -0.4 is 10.2 Å². The Morgan fingerprint density at radius 1 is 0.905 bits per heavy atom. The Bertz CT molecular complexity index is 560. The number of para-hydroxylation sites is 2. The molecule has 2 aromatic carbocycles. The number of nitrogens with one attached hydrogen (secondary N) is 1. The predicted octanol–water partition coefficient (Wildman–Crippen LogP) is 3.01. The van der Waals surface area contributed by atoms with Crippen molar-refractivity contribution in [2.45, 2.75) is 6.42 Å². The third-order valence-electron chi connectivity index (χ3n) is 2.85. The molecule has 0 saturated heterocycles. The minimum atomic E-state index is -0.943. The second-order valence-electron chi connectivity index (χ2n) is 4.38. The summed E-state index contributed by atoms with van der Waals surface area (Å²) in [5, 5.41) is 11.3. The normalized spacial score (nSPS) is 9.90. The first-order valence-corrected chi connectivity index (χ1v) is 6.58. The lowest BCUT2D eigenvalue weighted by molar-refractivity contribution is -0.136. The second kappa shape index (κ2) is 7.09. The highest BCUT2D eigenvalue weighted by molar-refractivity contribution is 5.99. The minimum Gasteiger partial charge on any atom is -0.481 e. The van der Waals surface area contributed by atoms with Crippen LogP contribution >= 0.6 is 0 Å². The molecule has 0 aliphatic rings. The van der Waals surface area contributed by atoms with Crippen LogP contribution in [0.1, 0.15) is 6.42 Å². The maximum Gasteiger partial charge on any atom is 0.326 e.